The van der Waals surface area contributed by atoms with E-state index in [1.807, 2.05) is 6.92 Å². The minimum Gasteiger partial charge on any atom is -0.508 e. The van der Waals surface area contributed by atoms with E-state index in [2.05, 4.69) is 38.8 Å². The topological polar surface area (TPSA) is 268 Å². The zero-order valence-electron chi connectivity index (χ0n) is 56.0. The number of aromatic hydroxyl groups is 1. The molecule has 92 heavy (non-hydrogen) atoms. The highest BCUT2D eigenvalue weighted by Crippen LogP contribution is 2.43. The molecule has 2 aromatic carbocycles. The number of phosphoric acid groups is 1. The Morgan fingerprint density at radius 2 is 1.09 bits per heavy atom. The molecule has 1 amide bonds. The van der Waals surface area contributed by atoms with Crippen LogP contribution in [0.25, 0.3) is 33.4 Å². The minimum absolute atomic E-state index is 0.0218. The van der Waals surface area contributed by atoms with Gasteiger partial charge in [-0.2, -0.15) is 0 Å². The summed E-state index contributed by atoms with van der Waals surface area (Å²) in [6.07, 6.45) is 40.2. The number of carboxylic acid groups (broad SMARTS) is 1. The molecule has 0 fully saturated rings. The quantitative estimate of drug-likeness (QED) is 0.00788. The first-order chi connectivity index (χ1) is 44.6. The van der Waals surface area contributed by atoms with Crippen LogP contribution in [0.5, 0.6) is 5.75 Å². The Morgan fingerprint density at radius 3 is 1.63 bits per heavy atom. The van der Waals surface area contributed by atoms with Gasteiger partial charge in [0.25, 0.3) is 0 Å². The highest BCUT2D eigenvalue weighted by Gasteiger charge is 2.23. The van der Waals surface area contributed by atoms with Crippen molar-refractivity contribution in [3.8, 4) is 28.2 Å². The number of phenolic OH excluding ortho intramolecular Hbond substituents is 1. The molecule has 19 nitrogen and oxygen atoms in total. The molecular formula is C71H112N3O16PS. The number of unbranched alkanes of at least 4 members (excludes halogenated alkanes) is 28. The van der Waals surface area contributed by atoms with Gasteiger partial charge in [-0.1, -0.05) is 200 Å². The number of hydrogen-bond donors (Lipinski definition) is 6. The molecule has 21 heteroatoms. The van der Waals surface area contributed by atoms with E-state index in [1.165, 1.54) is 197 Å². The number of rotatable bonds is 53. The number of hydrogen-bond acceptors (Lipinski definition) is 15. The molecule has 2 aromatic rings. The normalized spacial score (nSPS) is 12.2. The maximum Gasteiger partial charge on any atom is 0.472 e. The first-order valence-corrected chi connectivity index (χ1v) is 36.5. The van der Waals surface area contributed by atoms with Gasteiger partial charge in [-0.05, 0) is 80.9 Å². The minimum atomic E-state index is -4.09. The van der Waals surface area contributed by atoms with E-state index in [4.69, 9.17) is 35.6 Å². The second-order valence-electron chi connectivity index (χ2n) is 23.7. The van der Waals surface area contributed by atoms with Gasteiger partial charge in [-0.15, -0.1) is 0 Å². The van der Waals surface area contributed by atoms with Crippen molar-refractivity contribution in [2.75, 3.05) is 64.7 Å². The number of phosphoric ester groups is 1. The second kappa shape index (κ2) is 50.9. The number of phenols is 1. The highest BCUT2D eigenvalue weighted by molar-refractivity contribution is 7.80. The van der Waals surface area contributed by atoms with Gasteiger partial charge >= 0.3 is 25.7 Å². The fourth-order valence-electron chi connectivity index (χ4n) is 10.6. The second-order valence-corrected chi connectivity index (χ2v) is 25.6. The Kier molecular flexibility index (Phi) is 44.7. The molecule has 0 spiro atoms. The van der Waals surface area contributed by atoms with Crippen molar-refractivity contribution in [1.82, 2.24) is 10.6 Å². The standard InChI is InChI=1S/C39H76O4.C32H36N3O12PS/c1-4-6-8-10-12-14-16-18-20-22-24-26-28-30-32-34-38(40)42-36-37(3)43-39(41)35-33-31-29-27-25-23-21-19-17-15-13-11-9-7-5-2;1-2-45-48(41,42)46-14-11-33-29(38)9-12-43-15-16-44-13-10-34-32(49)35-20-3-6-23(26(17-20)31(39)40)30-24-7-4-21(36)18-27(24)47-28-19-22(37)5-8-25(28)30/h37H,4-36H2,1-3H3;3-8,17-19,36H,2,9-16H2,1H3,(H,33,38)(H,39,40)(H,41,42)(H2,34,35,49). The number of benzene rings is 3. The molecule has 1 heterocycles. The van der Waals surface area contributed by atoms with Crippen molar-refractivity contribution in [2.24, 2.45) is 0 Å². The van der Waals surface area contributed by atoms with Crippen LogP contribution in [0.3, 0.4) is 0 Å². The fraction of sp³-hybridized carbons (Fsp3) is 0.662. The predicted molar refractivity (Wildman–Crippen MR) is 370 cm³/mol. The van der Waals surface area contributed by atoms with Crippen LogP contribution in [0.1, 0.15) is 250 Å². The van der Waals surface area contributed by atoms with Crippen LogP contribution in [0.15, 0.2) is 63.8 Å². The van der Waals surface area contributed by atoms with E-state index >= 15 is 0 Å². The molecule has 2 aliphatic rings. The molecule has 2 atom stereocenters. The first-order valence-electron chi connectivity index (χ1n) is 34.6. The van der Waals surface area contributed by atoms with Gasteiger partial charge in [0.15, 0.2) is 10.5 Å². The summed E-state index contributed by atoms with van der Waals surface area (Å²) >= 11 is 5.36. The predicted octanol–water partition coefficient (Wildman–Crippen LogP) is 16.9. The fourth-order valence-corrected chi connectivity index (χ4v) is 11.5. The zero-order valence-corrected chi connectivity index (χ0v) is 57.7. The van der Waals surface area contributed by atoms with Crippen LogP contribution < -0.4 is 21.4 Å². The number of carbonyl (C=O) groups is 4. The average molecular weight is 1330 g/mol. The number of carbonyl (C=O) groups excluding carboxylic acids is 3. The Morgan fingerprint density at radius 1 is 0.576 bits per heavy atom. The van der Waals surface area contributed by atoms with Gasteiger partial charge in [0.05, 0.1) is 45.2 Å². The van der Waals surface area contributed by atoms with Crippen LogP contribution in [0.2, 0.25) is 0 Å². The number of amides is 1. The van der Waals surface area contributed by atoms with E-state index in [9.17, 15) is 43.6 Å². The van der Waals surface area contributed by atoms with E-state index in [-0.39, 0.29) is 110 Å². The van der Waals surface area contributed by atoms with Crippen molar-refractivity contribution >= 4 is 65.6 Å². The van der Waals surface area contributed by atoms with E-state index in [1.54, 1.807) is 31.2 Å². The summed E-state index contributed by atoms with van der Waals surface area (Å²) in [5, 5.41) is 29.4. The molecule has 0 aromatic heterocycles. The summed E-state index contributed by atoms with van der Waals surface area (Å²) in [5.41, 5.74) is 1.86. The Labute approximate surface area is 553 Å². The number of carboxylic acids is 1. The maximum absolute atomic E-state index is 12.4. The van der Waals surface area contributed by atoms with Gasteiger partial charge in [-0.3, -0.25) is 28.2 Å². The number of ether oxygens (including phenoxy) is 4. The largest absolute Gasteiger partial charge is 0.508 e. The zero-order chi connectivity index (χ0) is 66.9. The van der Waals surface area contributed by atoms with Crippen molar-refractivity contribution in [3.63, 3.8) is 0 Å². The molecule has 518 valence electrons. The number of anilines is 1. The van der Waals surface area contributed by atoms with Gasteiger partial charge in [0, 0.05) is 66.7 Å². The summed E-state index contributed by atoms with van der Waals surface area (Å²) in [6, 6.07) is 13.5. The van der Waals surface area contributed by atoms with Gasteiger partial charge in [0.1, 0.15) is 29.8 Å². The number of esters is 2. The lowest BCUT2D eigenvalue weighted by Gasteiger charge is -2.18. The molecule has 6 N–H and O–H groups in total. The number of fused-ring (bicyclic) bond motifs is 2. The molecule has 1 aliphatic carbocycles. The van der Waals surface area contributed by atoms with Crippen LogP contribution in [-0.4, -0.2) is 109 Å². The molecule has 0 saturated carbocycles. The summed E-state index contributed by atoms with van der Waals surface area (Å²) in [5.74, 6) is -1.61. The summed E-state index contributed by atoms with van der Waals surface area (Å²) in [7, 11) is -4.09. The smallest absolute Gasteiger partial charge is 0.472 e. The molecule has 0 bridgehead atoms. The summed E-state index contributed by atoms with van der Waals surface area (Å²) in [6.45, 7) is 9.33. The third-order valence-corrected chi connectivity index (χ3v) is 16.9. The number of aromatic carboxylic acids is 1. The van der Waals surface area contributed by atoms with E-state index < -0.39 is 13.8 Å². The van der Waals surface area contributed by atoms with Gasteiger partial charge in [-0.25, -0.2) is 9.36 Å². The molecule has 4 rings (SSSR count). The third-order valence-electron chi connectivity index (χ3n) is 15.6. The Balaban J connectivity index is 0.000000486. The van der Waals surface area contributed by atoms with Crippen LogP contribution in [0, 0.1) is 0 Å². The van der Waals surface area contributed by atoms with Crippen LogP contribution in [-0.2, 0) is 46.9 Å². The SMILES string of the molecule is CCCCCCCCCCCCCCCCCC(=O)OCC(C)OC(=O)CCCCCCCCCCCCCCCCC.CCOP(=O)(O)OCCNC(=O)CCOCCOCCNC(=S)Nc1ccc(-c2c3ccc(=O)cc-3oc3cc(O)ccc23)c(C(=O)O)c1. The number of nitrogens with one attached hydrogen (secondary N) is 3. The van der Waals surface area contributed by atoms with Gasteiger partial charge in [0.2, 0.25) is 5.91 Å². The third kappa shape index (κ3) is 38.0. The summed E-state index contributed by atoms with van der Waals surface area (Å²) in [4.78, 5) is 69.7. The van der Waals surface area contributed by atoms with E-state index in [0.29, 0.717) is 53.8 Å². The lowest BCUT2D eigenvalue weighted by molar-refractivity contribution is -0.158. The Hall–Kier alpha value is -5.47. The van der Waals surface area contributed by atoms with Gasteiger partial charge < -0.3 is 54.4 Å². The summed E-state index contributed by atoms with van der Waals surface area (Å²) < 4.78 is 48.1. The molecule has 0 saturated heterocycles. The molecular weight excluding hydrogens is 1210 g/mol. The molecule has 1 aliphatic heterocycles. The highest BCUT2D eigenvalue weighted by atomic mass is 32.1. The van der Waals surface area contributed by atoms with Crippen molar-refractivity contribution in [3.05, 3.63) is 70.4 Å². The first kappa shape index (κ1) is 80.8. The van der Waals surface area contributed by atoms with Crippen LogP contribution >= 0.6 is 20.0 Å². The lowest BCUT2D eigenvalue weighted by atomic mass is 9.90. The van der Waals surface area contributed by atoms with Crippen molar-refractivity contribution < 1.29 is 71.3 Å². The Bertz CT molecular complexity index is 2760. The lowest BCUT2D eigenvalue weighted by Crippen LogP contribution is -2.31. The van der Waals surface area contributed by atoms with Crippen molar-refractivity contribution in [1.29, 1.82) is 0 Å². The van der Waals surface area contributed by atoms with Crippen LogP contribution in [0.4, 0.5) is 5.69 Å². The maximum atomic E-state index is 12.4. The number of thiocarbonyl (C=S) groups is 1. The molecule has 0 radical (unpaired) electrons. The van der Waals surface area contributed by atoms with Crippen molar-refractivity contribution in [2.45, 2.75) is 246 Å². The average Bonchev–Trinajstić information content (AvgIpc) is 0.808. The molecule has 2 unspecified atom stereocenters. The monoisotopic (exact) mass is 1330 g/mol. The van der Waals surface area contributed by atoms with E-state index in [0.717, 1.165) is 25.7 Å².